The van der Waals surface area contributed by atoms with E-state index in [9.17, 15) is 13.2 Å². The molecule has 0 heterocycles. The quantitative estimate of drug-likeness (QED) is 0.787. The number of sulfonamides is 1. The number of hydrogen-bond donors (Lipinski definition) is 1. The summed E-state index contributed by atoms with van der Waals surface area (Å²) in [5.74, 6) is 0.119. The average Bonchev–Trinajstić information content (AvgIpc) is 2.62. The van der Waals surface area contributed by atoms with Gasteiger partial charge in [-0.1, -0.05) is 31.2 Å². The summed E-state index contributed by atoms with van der Waals surface area (Å²) in [4.78, 5) is 12.9. The Morgan fingerprint density at radius 1 is 1.22 bits per heavy atom. The third kappa shape index (κ3) is 4.80. The number of rotatable bonds is 7. The number of methoxy groups -OCH3 is 1. The van der Waals surface area contributed by atoms with Gasteiger partial charge in [0.25, 0.3) is 0 Å². The number of carbonyl (C=O) groups is 1. The Hall–Kier alpha value is -2.54. The molecule has 0 saturated heterocycles. The Kier molecular flexibility index (Phi) is 6.49. The van der Waals surface area contributed by atoms with Crippen molar-refractivity contribution in [3.05, 3.63) is 53.6 Å². The summed E-state index contributed by atoms with van der Waals surface area (Å²) < 4.78 is 31.1. The molecule has 2 aromatic rings. The molecular formula is C20H26N2O4S. The molecule has 0 radical (unpaired) electrons. The SMILES string of the molecule is CCc1cccc(C)c1NC(=O)C(C)N(c1cccc(OC)c1)S(C)(=O)=O. The third-order valence-corrected chi connectivity index (χ3v) is 5.63. The van der Waals surface area contributed by atoms with Crippen LogP contribution in [0, 0.1) is 6.92 Å². The molecule has 1 unspecified atom stereocenters. The molecule has 6 nitrogen and oxygen atoms in total. The van der Waals surface area contributed by atoms with Crippen LogP contribution in [0.5, 0.6) is 5.75 Å². The first kappa shape index (κ1) is 20.8. The predicted octanol–water partition coefficient (Wildman–Crippen LogP) is 3.36. The van der Waals surface area contributed by atoms with Gasteiger partial charge in [0, 0.05) is 11.8 Å². The van der Waals surface area contributed by atoms with Gasteiger partial charge in [0.15, 0.2) is 0 Å². The van der Waals surface area contributed by atoms with Crippen molar-refractivity contribution in [2.45, 2.75) is 33.2 Å². The fraction of sp³-hybridized carbons (Fsp3) is 0.350. The minimum Gasteiger partial charge on any atom is -0.497 e. The van der Waals surface area contributed by atoms with Gasteiger partial charge in [-0.3, -0.25) is 9.10 Å². The highest BCUT2D eigenvalue weighted by atomic mass is 32.2. The van der Waals surface area contributed by atoms with Crippen molar-refractivity contribution in [1.29, 1.82) is 0 Å². The van der Waals surface area contributed by atoms with Gasteiger partial charge in [0.1, 0.15) is 11.8 Å². The summed E-state index contributed by atoms with van der Waals surface area (Å²) in [7, 11) is -2.18. The molecule has 0 aromatic heterocycles. The number of benzene rings is 2. The normalized spacial score (nSPS) is 12.3. The van der Waals surface area contributed by atoms with E-state index >= 15 is 0 Å². The molecule has 0 aliphatic carbocycles. The Bertz CT molecular complexity index is 925. The van der Waals surface area contributed by atoms with Crippen LogP contribution in [0.15, 0.2) is 42.5 Å². The van der Waals surface area contributed by atoms with Gasteiger partial charge in [0.2, 0.25) is 15.9 Å². The Morgan fingerprint density at radius 2 is 1.89 bits per heavy atom. The zero-order valence-corrected chi connectivity index (χ0v) is 17.1. The summed E-state index contributed by atoms with van der Waals surface area (Å²) in [6, 6.07) is 11.5. The fourth-order valence-electron chi connectivity index (χ4n) is 2.99. The van der Waals surface area contributed by atoms with Crippen molar-refractivity contribution < 1.29 is 17.9 Å². The van der Waals surface area contributed by atoms with Crippen molar-refractivity contribution in [1.82, 2.24) is 0 Å². The van der Waals surface area contributed by atoms with Crippen LogP contribution in [0.3, 0.4) is 0 Å². The van der Waals surface area contributed by atoms with Gasteiger partial charge in [-0.15, -0.1) is 0 Å². The smallest absolute Gasteiger partial charge is 0.248 e. The first-order valence-corrected chi connectivity index (χ1v) is 10.6. The van der Waals surface area contributed by atoms with E-state index in [-0.39, 0.29) is 0 Å². The lowest BCUT2D eigenvalue weighted by atomic mass is 10.1. The van der Waals surface area contributed by atoms with Crippen molar-refractivity contribution in [2.24, 2.45) is 0 Å². The summed E-state index contributed by atoms with van der Waals surface area (Å²) in [5.41, 5.74) is 3.04. The maximum Gasteiger partial charge on any atom is 0.248 e. The van der Waals surface area contributed by atoms with Gasteiger partial charge < -0.3 is 10.1 Å². The van der Waals surface area contributed by atoms with Crippen LogP contribution in [-0.4, -0.2) is 33.7 Å². The summed E-state index contributed by atoms with van der Waals surface area (Å²) >= 11 is 0. The van der Waals surface area contributed by atoms with Gasteiger partial charge in [-0.2, -0.15) is 0 Å². The van der Waals surface area contributed by atoms with Gasteiger partial charge in [-0.05, 0) is 43.5 Å². The molecule has 1 N–H and O–H groups in total. The van der Waals surface area contributed by atoms with Crippen LogP contribution in [0.1, 0.15) is 25.0 Å². The van der Waals surface area contributed by atoms with Crippen molar-refractivity contribution in [3.63, 3.8) is 0 Å². The second kappa shape index (κ2) is 8.43. The van der Waals surface area contributed by atoms with E-state index in [2.05, 4.69) is 5.32 Å². The first-order chi connectivity index (χ1) is 12.7. The molecule has 7 heteroatoms. The predicted molar refractivity (Wildman–Crippen MR) is 109 cm³/mol. The second-order valence-electron chi connectivity index (χ2n) is 6.39. The number of hydrogen-bond acceptors (Lipinski definition) is 4. The first-order valence-electron chi connectivity index (χ1n) is 8.71. The maximum absolute atomic E-state index is 12.9. The minimum atomic E-state index is -3.69. The van der Waals surface area contributed by atoms with Crippen molar-refractivity contribution in [3.8, 4) is 5.75 Å². The zero-order chi connectivity index (χ0) is 20.2. The minimum absolute atomic E-state index is 0.375. The van der Waals surface area contributed by atoms with E-state index in [1.165, 1.54) is 7.11 Å². The van der Waals surface area contributed by atoms with Crippen LogP contribution < -0.4 is 14.4 Å². The molecule has 0 aliphatic heterocycles. The molecule has 0 bridgehead atoms. The zero-order valence-electron chi connectivity index (χ0n) is 16.3. The molecule has 27 heavy (non-hydrogen) atoms. The molecule has 146 valence electrons. The summed E-state index contributed by atoms with van der Waals surface area (Å²) in [6.45, 7) is 5.49. The number of anilines is 2. The van der Waals surface area contributed by atoms with E-state index in [0.29, 0.717) is 11.4 Å². The Labute approximate surface area is 161 Å². The summed E-state index contributed by atoms with van der Waals surface area (Å²) in [6.07, 6.45) is 1.85. The number of para-hydroxylation sites is 1. The highest BCUT2D eigenvalue weighted by Gasteiger charge is 2.30. The average molecular weight is 391 g/mol. The van der Waals surface area contributed by atoms with Crippen molar-refractivity contribution >= 4 is 27.3 Å². The van der Waals surface area contributed by atoms with E-state index in [1.54, 1.807) is 31.2 Å². The molecule has 0 fully saturated rings. The number of nitrogens with one attached hydrogen (secondary N) is 1. The Morgan fingerprint density at radius 3 is 2.48 bits per heavy atom. The number of amides is 1. The molecule has 1 amide bonds. The number of aryl methyl sites for hydroxylation is 2. The number of nitrogens with zero attached hydrogens (tertiary/aromatic N) is 1. The van der Waals surface area contributed by atoms with Crippen molar-refractivity contribution in [2.75, 3.05) is 23.0 Å². The van der Waals surface area contributed by atoms with Crippen LogP contribution in [-0.2, 0) is 21.2 Å². The van der Waals surface area contributed by atoms with Crippen LogP contribution >= 0.6 is 0 Å². The van der Waals surface area contributed by atoms with E-state index < -0.39 is 22.0 Å². The molecule has 0 aliphatic rings. The van der Waals surface area contributed by atoms with Gasteiger partial charge in [-0.25, -0.2) is 8.42 Å². The monoisotopic (exact) mass is 390 g/mol. The molecule has 0 spiro atoms. The highest BCUT2D eigenvalue weighted by molar-refractivity contribution is 7.92. The van der Waals surface area contributed by atoms with Gasteiger partial charge in [0.05, 0.1) is 19.1 Å². The maximum atomic E-state index is 12.9. The standard InChI is InChI=1S/C20H26N2O4S/c1-6-16-10-7-9-14(2)19(16)21-20(23)15(3)22(27(5,24)25)17-11-8-12-18(13-17)26-4/h7-13,15H,6H2,1-5H3,(H,21,23). The van der Waals surface area contributed by atoms with Crippen LogP contribution in [0.2, 0.25) is 0 Å². The number of ether oxygens (including phenoxy) is 1. The molecule has 0 saturated carbocycles. The molecule has 1 atom stereocenters. The van der Waals surface area contributed by atoms with Crippen LogP contribution in [0.4, 0.5) is 11.4 Å². The lowest BCUT2D eigenvalue weighted by Crippen LogP contribution is -2.45. The van der Waals surface area contributed by atoms with E-state index in [1.807, 2.05) is 32.0 Å². The lowest BCUT2D eigenvalue weighted by molar-refractivity contribution is -0.116. The molecule has 2 rings (SSSR count). The second-order valence-corrected chi connectivity index (χ2v) is 8.25. The number of carbonyl (C=O) groups excluding carboxylic acids is 1. The van der Waals surface area contributed by atoms with Crippen LogP contribution in [0.25, 0.3) is 0 Å². The largest absolute Gasteiger partial charge is 0.497 e. The topological polar surface area (TPSA) is 75.7 Å². The summed E-state index contributed by atoms with van der Waals surface area (Å²) in [5, 5.41) is 2.90. The third-order valence-electron chi connectivity index (χ3n) is 4.38. The lowest BCUT2D eigenvalue weighted by Gasteiger charge is -2.29. The fourth-order valence-corrected chi connectivity index (χ4v) is 4.15. The Balaban J connectivity index is 2.39. The highest BCUT2D eigenvalue weighted by Crippen LogP contribution is 2.27. The van der Waals surface area contributed by atoms with E-state index in [0.717, 1.165) is 33.8 Å². The molecular weight excluding hydrogens is 364 g/mol. The van der Waals surface area contributed by atoms with E-state index in [4.69, 9.17) is 4.74 Å². The van der Waals surface area contributed by atoms with Gasteiger partial charge >= 0.3 is 0 Å². The molecule has 2 aromatic carbocycles.